The third kappa shape index (κ3) is 5.68. The van der Waals surface area contributed by atoms with Crippen molar-refractivity contribution in [1.29, 1.82) is 0 Å². The zero-order chi connectivity index (χ0) is 24.9. The van der Waals surface area contributed by atoms with Crippen molar-refractivity contribution in [2.45, 2.75) is 31.5 Å². The van der Waals surface area contributed by atoms with E-state index < -0.39 is 6.61 Å². The van der Waals surface area contributed by atoms with Gasteiger partial charge in [0.2, 0.25) is 5.91 Å². The number of fused-ring (bicyclic) bond motifs is 1. The number of hydrogen-bond donors (Lipinski definition) is 1. The molecule has 0 fully saturated rings. The predicted molar refractivity (Wildman–Crippen MR) is 134 cm³/mol. The molecule has 0 saturated carbocycles. The van der Waals surface area contributed by atoms with Gasteiger partial charge in [-0.15, -0.1) is 0 Å². The summed E-state index contributed by atoms with van der Waals surface area (Å²) in [6.07, 6.45) is 0. The molecule has 0 atom stereocenters. The minimum absolute atomic E-state index is 0.0176. The zero-order valence-electron chi connectivity index (χ0n) is 19.1. The third-order valence-electron chi connectivity index (χ3n) is 5.25. The van der Waals surface area contributed by atoms with Crippen molar-refractivity contribution in [2.75, 3.05) is 11.1 Å². The summed E-state index contributed by atoms with van der Waals surface area (Å²) >= 11 is 1.12. The molecule has 180 valence electrons. The number of carbonyl (C=O) groups is 1. The van der Waals surface area contributed by atoms with Crippen molar-refractivity contribution in [3.05, 3.63) is 88.7 Å². The van der Waals surface area contributed by atoms with E-state index in [9.17, 15) is 18.4 Å². The van der Waals surface area contributed by atoms with Gasteiger partial charge in [0, 0.05) is 5.69 Å². The molecule has 35 heavy (non-hydrogen) atoms. The first-order valence-corrected chi connectivity index (χ1v) is 11.9. The molecule has 0 spiro atoms. The Morgan fingerprint density at radius 3 is 2.43 bits per heavy atom. The number of thioether (sulfide) groups is 1. The molecule has 0 aliphatic rings. The fraction of sp³-hybridized carbons (Fsp3) is 0.192. The maximum atomic E-state index is 13.3. The second kappa shape index (κ2) is 10.7. The molecule has 9 heteroatoms. The normalized spacial score (nSPS) is 11.3. The monoisotopic (exact) mass is 495 g/mol. The van der Waals surface area contributed by atoms with Crippen LogP contribution in [0.15, 0.2) is 82.7 Å². The molecule has 1 heterocycles. The van der Waals surface area contributed by atoms with Crippen LogP contribution in [-0.2, 0) is 4.79 Å². The number of hydrogen-bond acceptors (Lipinski definition) is 5. The molecule has 0 unspecified atom stereocenters. The lowest BCUT2D eigenvalue weighted by Gasteiger charge is -2.15. The van der Waals surface area contributed by atoms with E-state index in [1.165, 1.54) is 28.8 Å². The lowest BCUT2D eigenvalue weighted by molar-refractivity contribution is -0.113. The molecule has 4 aromatic rings. The number of rotatable bonds is 8. The van der Waals surface area contributed by atoms with E-state index in [1.54, 1.807) is 24.3 Å². The summed E-state index contributed by atoms with van der Waals surface area (Å²) in [5.41, 5.74) is 2.36. The van der Waals surface area contributed by atoms with Gasteiger partial charge in [-0.1, -0.05) is 55.9 Å². The summed E-state index contributed by atoms with van der Waals surface area (Å²) in [4.78, 5) is 30.7. The lowest BCUT2D eigenvalue weighted by atomic mass is 10.0. The van der Waals surface area contributed by atoms with Crippen molar-refractivity contribution in [3.63, 3.8) is 0 Å². The average Bonchev–Trinajstić information content (AvgIpc) is 2.83. The van der Waals surface area contributed by atoms with Crippen molar-refractivity contribution in [1.82, 2.24) is 9.55 Å². The van der Waals surface area contributed by atoms with Gasteiger partial charge in [0.1, 0.15) is 5.75 Å². The number of nitrogens with zero attached hydrogens (tertiary/aromatic N) is 2. The number of ether oxygens (including phenoxy) is 1. The maximum Gasteiger partial charge on any atom is 0.387 e. The van der Waals surface area contributed by atoms with E-state index in [-0.39, 0.29) is 28.9 Å². The summed E-state index contributed by atoms with van der Waals surface area (Å²) in [5, 5.41) is 3.65. The smallest absolute Gasteiger partial charge is 0.387 e. The Bertz CT molecular complexity index is 1410. The summed E-state index contributed by atoms with van der Waals surface area (Å²) in [6, 6.07) is 20.2. The van der Waals surface area contributed by atoms with Gasteiger partial charge in [0.15, 0.2) is 5.16 Å². The quantitative estimate of drug-likeness (QED) is 0.246. The number of carbonyl (C=O) groups excluding carboxylic acids is 1. The molecule has 0 aliphatic carbocycles. The molecule has 1 aromatic heterocycles. The lowest BCUT2D eigenvalue weighted by Crippen LogP contribution is -2.23. The van der Waals surface area contributed by atoms with Crippen LogP contribution in [0.4, 0.5) is 14.5 Å². The maximum absolute atomic E-state index is 13.3. The largest absolute Gasteiger partial charge is 0.435 e. The molecular weight excluding hydrogens is 472 g/mol. The molecule has 1 N–H and O–H groups in total. The fourth-order valence-corrected chi connectivity index (χ4v) is 4.46. The predicted octanol–water partition coefficient (Wildman–Crippen LogP) is 5.84. The van der Waals surface area contributed by atoms with Gasteiger partial charge < -0.3 is 10.1 Å². The average molecular weight is 496 g/mol. The van der Waals surface area contributed by atoms with Crippen LogP contribution in [0.2, 0.25) is 0 Å². The molecule has 0 radical (unpaired) electrons. The fourth-order valence-electron chi connectivity index (χ4n) is 3.64. The highest BCUT2D eigenvalue weighted by molar-refractivity contribution is 7.99. The molecule has 0 bridgehead atoms. The first-order valence-electron chi connectivity index (χ1n) is 10.9. The molecule has 0 saturated heterocycles. The van der Waals surface area contributed by atoms with Crippen molar-refractivity contribution in [3.8, 4) is 11.4 Å². The second-order valence-electron chi connectivity index (χ2n) is 8.00. The SMILES string of the molecule is CC(C)c1ccccc1NC(=O)CSc1nc2ccccc2c(=O)n1-c1ccc(OC(F)F)cc1. The van der Waals surface area contributed by atoms with Gasteiger partial charge in [0.25, 0.3) is 5.56 Å². The Morgan fingerprint density at radius 1 is 1.03 bits per heavy atom. The van der Waals surface area contributed by atoms with E-state index in [0.29, 0.717) is 21.7 Å². The molecule has 1 amide bonds. The molecule has 4 rings (SSSR count). The number of anilines is 1. The first kappa shape index (κ1) is 24.4. The highest BCUT2D eigenvalue weighted by atomic mass is 32.2. The third-order valence-corrected chi connectivity index (χ3v) is 6.19. The van der Waals surface area contributed by atoms with Crippen LogP contribution in [0.5, 0.6) is 5.75 Å². The van der Waals surface area contributed by atoms with E-state index in [1.807, 2.05) is 24.3 Å². The number of aromatic nitrogens is 2. The molecule has 6 nitrogen and oxygen atoms in total. The standard InChI is InChI=1S/C26H23F2N3O3S/c1-16(2)19-7-3-5-9-21(19)29-23(32)15-35-26-30-22-10-6-4-8-20(22)24(33)31(26)17-11-13-18(14-12-17)34-25(27)28/h3-14,16,25H,15H2,1-2H3,(H,29,32). The van der Waals surface area contributed by atoms with E-state index in [4.69, 9.17) is 0 Å². The van der Waals surface area contributed by atoms with Crippen LogP contribution in [0, 0.1) is 0 Å². The number of amides is 1. The molecule has 3 aromatic carbocycles. The van der Waals surface area contributed by atoms with Crippen molar-refractivity contribution < 1.29 is 18.3 Å². The van der Waals surface area contributed by atoms with E-state index in [2.05, 4.69) is 28.9 Å². The number of alkyl halides is 2. The Balaban J connectivity index is 1.64. The highest BCUT2D eigenvalue weighted by Crippen LogP contribution is 2.26. The van der Waals surface area contributed by atoms with Gasteiger partial charge in [0.05, 0.1) is 22.3 Å². The van der Waals surface area contributed by atoms with Crippen molar-refractivity contribution >= 4 is 34.3 Å². The second-order valence-corrected chi connectivity index (χ2v) is 8.95. The summed E-state index contributed by atoms with van der Waals surface area (Å²) in [5.74, 6) is -0.00625. The van der Waals surface area contributed by atoms with Crippen molar-refractivity contribution in [2.24, 2.45) is 0 Å². The van der Waals surface area contributed by atoms with Gasteiger partial charge in [-0.2, -0.15) is 8.78 Å². The summed E-state index contributed by atoms with van der Waals surface area (Å²) in [7, 11) is 0. The summed E-state index contributed by atoms with van der Waals surface area (Å²) < 4.78 is 30.8. The zero-order valence-corrected chi connectivity index (χ0v) is 19.9. The van der Waals surface area contributed by atoms with Crippen LogP contribution in [-0.4, -0.2) is 27.8 Å². The topological polar surface area (TPSA) is 73.2 Å². The Labute approximate surface area is 205 Å². The van der Waals surface area contributed by atoms with Crippen LogP contribution in [0.3, 0.4) is 0 Å². The van der Waals surface area contributed by atoms with E-state index >= 15 is 0 Å². The molecular formula is C26H23F2N3O3S. The van der Waals surface area contributed by atoms with Gasteiger partial charge in [-0.25, -0.2) is 4.98 Å². The first-order chi connectivity index (χ1) is 16.8. The van der Waals surface area contributed by atoms with E-state index in [0.717, 1.165) is 23.0 Å². The van der Waals surface area contributed by atoms with Crippen LogP contribution < -0.4 is 15.6 Å². The minimum atomic E-state index is -2.95. The van der Waals surface area contributed by atoms with Crippen LogP contribution in [0.1, 0.15) is 25.3 Å². The number of halogens is 2. The number of para-hydroxylation sites is 2. The van der Waals surface area contributed by atoms with Gasteiger partial charge in [-0.05, 0) is 53.9 Å². The summed E-state index contributed by atoms with van der Waals surface area (Å²) in [6.45, 7) is 1.15. The Kier molecular flexibility index (Phi) is 7.45. The highest BCUT2D eigenvalue weighted by Gasteiger charge is 2.16. The minimum Gasteiger partial charge on any atom is -0.435 e. The number of nitrogens with one attached hydrogen (secondary N) is 1. The van der Waals surface area contributed by atoms with Crippen LogP contribution >= 0.6 is 11.8 Å². The van der Waals surface area contributed by atoms with Gasteiger partial charge >= 0.3 is 6.61 Å². The number of benzene rings is 3. The van der Waals surface area contributed by atoms with Gasteiger partial charge in [-0.3, -0.25) is 14.2 Å². The Hall–Kier alpha value is -3.72. The van der Waals surface area contributed by atoms with Crippen LogP contribution in [0.25, 0.3) is 16.6 Å². The Morgan fingerprint density at radius 2 is 1.71 bits per heavy atom. The molecule has 0 aliphatic heterocycles.